The number of piperidine rings is 1. The summed E-state index contributed by atoms with van der Waals surface area (Å²) in [7, 11) is 0. The van der Waals surface area contributed by atoms with Crippen molar-refractivity contribution in [1.82, 2.24) is 15.2 Å². The monoisotopic (exact) mass is 422 g/mol. The number of carbonyl (C=O) groups excluding carboxylic acids is 2. The molecule has 0 unspecified atom stereocenters. The maximum absolute atomic E-state index is 12.0. The average molecular weight is 422 g/mol. The minimum absolute atomic E-state index is 0.165. The highest BCUT2D eigenvalue weighted by Crippen LogP contribution is 2.28. The third-order valence-electron chi connectivity index (χ3n) is 5.37. The van der Waals surface area contributed by atoms with Crippen molar-refractivity contribution in [3.8, 4) is 0 Å². The summed E-state index contributed by atoms with van der Waals surface area (Å²) in [5, 5.41) is 2.71. The molecule has 1 N–H and O–H groups in total. The summed E-state index contributed by atoms with van der Waals surface area (Å²) in [6.07, 6.45) is 2.98. The third kappa shape index (κ3) is 5.14. The van der Waals surface area contributed by atoms with Gasteiger partial charge in [-0.15, -0.1) is 0 Å². The van der Waals surface area contributed by atoms with Gasteiger partial charge in [-0.3, -0.25) is 4.79 Å². The molecule has 0 aliphatic carbocycles. The molecule has 1 aliphatic heterocycles. The fraction of sp³-hybridized carbons (Fsp3) is 0.348. The Kier molecular flexibility index (Phi) is 6.66. The molecule has 2 amide bonds. The summed E-state index contributed by atoms with van der Waals surface area (Å²) in [6.45, 7) is 1.63. The molecule has 1 atom stereocenters. The summed E-state index contributed by atoms with van der Waals surface area (Å²) in [5.41, 5.74) is 2.44. The van der Waals surface area contributed by atoms with Crippen molar-refractivity contribution in [1.29, 1.82) is 0 Å². The van der Waals surface area contributed by atoms with Crippen LogP contribution in [0.5, 0.6) is 0 Å². The zero-order valence-electron chi connectivity index (χ0n) is 17.3. The molecule has 8 nitrogen and oxygen atoms in total. The second-order valence-corrected chi connectivity index (χ2v) is 7.47. The molecule has 1 aromatic heterocycles. The first-order valence-electron chi connectivity index (χ1n) is 10.5. The topological polar surface area (TPSA) is 87.9 Å². The van der Waals surface area contributed by atoms with Crippen LogP contribution >= 0.6 is 0 Å². The van der Waals surface area contributed by atoms with Crippen LogP contribution in [0.15, 0.2) is 59.0 Å². The van der Waals surface area contributed by atoms with Crippen LogP contribution in [0.2, 0.25) is 0 Å². The highest BCUT2D eigenvalue weighted by atomic mass is 16.5. The van der Waals surface area contributed by atoms with Crippen molar-refractivity contribution in [2.45, 2.75) is 32.0 Å². The lowest BCUT2D eigenvalue weighted by Gasteiger charge is -2.40. The van der Waals surface area contributed by atoms with Crippen LogP contribution in [-0.2, 0) is 16.1 Å². The summed E-state index contributed by atoms with van der Waals surface area (Å²) >= 11 is 0. The molecule has 2 aromatic carbocycles. The zero-order chi connectivity index (χ0) is 21.5. The van der Waals surface area contributed by atoms with E-state index in [9.17, 15) is 9.59 Å². The van der Waals surface area contributed by atoms with Gasteiger partial charge in [0.1, 0.15) is 18.3 Å². The summed E-state index contributed by atoms with van der Waals surface area (Å²) < 4.78 is 11.2. The van der Waals surface area contributed by atoms with E-state index in [-0.39, 0.29) is 12.8 Å². The number of aromatic nitrogens is 1. The number of fused-ring (bicyclic) bond motifs is 1. The van der Waals surface area contributed by atoms with Gasteiger partial charge in [-0.05, 0) is 37.0 Å². The minimum Gasteiger partial charge on any atom is -0.445 e. The van der Waals surface area contributed by atoms with E-state index in [0.717, 1.165) is 48.9 Å². The van der Waals surface area contributed by atoms with E-state index in [1.807, 2.05) is 59.5 Å². The maximum atomic E-state index is 12.0. The molecule has 1 saturated heterocycles. The molecular weight excluding hydrogens is 396 g/mol. The Balaban J connectivity index is 1.33. The van der Waals surface area contributed by atoms with Gasteiger partial charge in [0.05, 0.1) is 0 Å². The number of nitrogens with zero attached hydrogens (tertiary/aromatic N) is 3. The highest BCUT2D eigenvalue weighted by molar-refractivity contribution is 5.74. The number of amides is 2. The Bertz CT molecular complexity index is 974. The number of rotatable bonds is 8. The summed E-state index contributed by atoms with van der Waals surface area (Å²) in [5.74, 6) is 0. The predicted octanol–water partition coefficient (Wildman–Crippen LogP) is 3.53. The van der Waals surface area contributed by atoms with E-state index in [4.69, 9.17) is 9.15 Å². The van der Waals surface area contributed by atoms with E-state index in [1.54, 1.807) is 4.90 Å². The predicted molar refractivity (Wildman–Crippen MR) is 116 cm³/mol. The van der Waals surface area contributed by atoms with E-state index in [2.05, 4.69) is 10.3 Å². The van der Waals surface area contributed by atoms with Gasteiger partial charge in [0.2, 0.25) is 6.41 Å². The third-order valence-corrected chi connectivity index (χ3v) is 5.37. The number of oxazole rings is 1. The van der Waals surface area contributed by atoms with Gasteiger partial charge in [0, 0.05) is 19.6 Å². The van der Waals surface area contributed by atoms with Crippen molar-refractivity contribution in [3.05, 3.63) is 60.2 Å². The van der Waals surface area contributed by atoms with Crippen molar-refractivity contribution in [2.24, 2.45) is 0 Å². The number of benzene rings is 2. The maximum Gasteiger partial charge on any atom is 0.407 e. The number of alkyl carbamates (subject to hydrolysis) is 1. The summed E-state index contributed by atoms with van der Waals surface area (Å²) in [4.78, 5) is 32.1. The van der Waals surface area contributed by atoms with E-state index < -0.39 is 6.09 Å². The number of hydrogen-bond donors (Lipinski definition) is 1. The lowest BCUT2D eigenvalue weighted by atomic mass is 10.1. The fourth-order valence-corrected chi connectivity index (χ4v) is 3.80. The Hall–Kier alpha value is -3.55. The molecule has 3 aromatic rings. The number of carbonyl (C=O) groups is 2. The lowest BCUT2D eigenvalue weighted by Crippen LogP contribution is -2.52. The largest absolute Gasteiger partial charge is 0.445 e. The SMILES string of the molecule is O=CN(CCNC(=O)OCc1ccccc1)[C@H]1CCCCN1c1nc2ccccc2o1. The van der Waals surface area contributed by atoms with Crippen LogP contribution in [-0.4, -0.2) is 48.2 Å². The second kappa shape index (κ2) is 9.97. The molecule has 4 rings (SSSR count). The zero-order valence-corrected chi connectivity index (χ0v) is 17.3. The Morgan fingerprint density at radius 1 is 1.19 bits per heavy atom. The first-order valence-corrected chi connectivity index (χ1v) is 10.5. The van der Waals surface area contributed by atoms with Gasteiger partial charge in [-0.2, -0.15) is 4.98 Å². The van der Waals surface area contributed by atoms with Crippen LogP contribution < -0.4 is 10.2 Å². The fourth-order valence-electron chi connectivity index (χ4n) is 3.80. The Morgan fingerprint density at radius 2 is 2.00 bits per heavy atom. The molecule has 0 saturated carbocycles. The Morgan fingerprint density at radius 3 is 2.81 bits per heavy atom. The number of nitrogens with one attached hydrogen (secondary N) is 1. The normalized spacial score (nSPS) is 16.1. The van der Waals surface area contributed by atoms with Crippen LogP contribution in [0, 0.1) is 0 Å². The molecule has 1 fully saturated rings. The molecule has 0 spiro atoms. The number of anilines is 1. The molecule has 162 valence electrons. The van der Waals surface area contributed by atoms with Gasteiger partial charge < -0.3 is 24.3 Å². The highest BCUT2D eigenvalue weighted by Gasteiger charge is 2.30. The second-order valence-electron chi connectivity index (χ2n) is 7.47. The lowest BCUT2D eigenvalue weighted by molar-refractivity contribution is -0.120. The average Bonchev–Trinajstić information content (AvgIpc) is 3.25. The first kappa shape index (κ1) is 20.7. The van der Waals surface area contributed by atoms with E-state index in [0.29, 0.717) is 19.1 Å². The van der Waals surface area contributed by atoms with Gasteiger partial charge in [-0.1, -0.05) is 42.5 Å². The van der Waals surface area contributed by atoms with Gasteiger partial charge in [-0.25, -0.2) is 4.79 Å². The van der Waals surface area contributed by atoms with Crippen molar-refractivity contribution < 1.29 is 18.7 Å². The van der Waals surface area contributed by atoms with Crippen LogP contribution in [0.25, 0.3) is 11.1 Å². The minimum atomic E-state index is -0.505. The van der Waals surface area contributed by atoms with Crippen molar-refractivity contribution >= 4 is 29.6 Å². The number of hydrogen-bond acceptors (Lipinski definition) is 6. The van der Waals surface area contributed by atoms with Crippen molar-refractivity contribution in [2.75, 3.05) is 24.5 Å². The van der Waals surface area contributed by atoms with Crippen LogP contribution in [0.1, 0.15) is 24.8 Å². The molecule has 0 bridgehead atoms. The first-order chi connectivity index (χ1) is 15.2. The van der Waals surface area contributed by atoms with Crippen LogP contribution in [0.4, 0.5) is 10.8 Å². The van der Waals surface area contributed by atoms with E-state index >= 15 is 0 Å². The molecule has 8 heteroatoms. The quantitative estimate of drug-likeness (QED) is 0.559. The number of ether oxygens (including phenoxy) is 1. The molecule has 31 heavy (non-hydrogen) atoms. The summed E-state index contributed by atoms with van der Waals surface area (Å²) in [6, 6.07) is 17.6. The van der Waals surface area contributed by atoms with Gasteiger partial charge >= 0.3 is 6.09 Å². The molecular formula is C23H26N4O4. The van der Waals surface area contributed by atoms with Crippen molar-refractivity contribution in [3.63, 3.8) is 0 Å². The smallest absolute Gasteiger partial charge is 0.407 e. The molecule has 2 heterocycles. The number of para-hydroxylation sites is 2. The molecule has 1 aliphatic rings. The van der Waals surface area contributed by atoms with E-state index in [1.165, 1.54) is 0 Å². The Labute approximate surface area is 180 Å². The van der Waals surface area contributed by atoms with Gasteiger partial charge in [0.25, 0.3) is 6.01 Å². The van der Waals surface area contributed by atoms with Gasteiger partial charge in [0.15, 0.2) is 5.58 Å². The molecule has 0 radical (unpaired) electrons. The standard InChI is InChI=1S/C23H26N4O4/c28-17-26(15-13-24-23(29)30-16-18-8-2-1-3-9-18)21-12-6-7-14-27(21)22-25-19-10-4-5-11-20(19)31-22/h1-5,8-11,17,21H,6-7,12-16H2,(H,24,29)/t21-/m1/s1. The van der Waals surface area contributed by atoms with Crippen LogP contribution in [0.3, 0.4) is 0 Å².